The van der Waals surface area contributed by atoms with Gasteiger partial charge in [-0.05, 0) is 23.8 Å². The van der Waals surface area contributed by atoms with Gasteiger partial charge in [-0.3, -0.25) is 4.57 Å². The molecule has 0 fully saturated rings. The van der Waals surface area contributed by atoms with Crippen molar-refractivity contribution in [2.75, 3.05) is 18.5 Å². The Bertz CT molecular complexity index is 1270. The normalized spacial score (nSPS) is 12.9. The monoisotopic (exact) mass is 457 g/mol. The van der Waals surface area contributed by atoms with Gasteiger partial charge in [0.2, 0.25) is 5.88 Å². The molecule has 170 valence electrons. The smallest absolute Gasteiger partial charge is 0.433 e. The van der Waals surface area contributed by atoms with E-state index in [-0.39, 0.29) is 30.5 Å². The van der Waals surface area contributed by atoms with Gasteiger partial charge < -0.3 is 14.4 Å². The van der Waals surface area contributed by atoms with Gasteiger partial charge in [-0.2, -0.15) is 23.4 Å². The van der Waals surface area contributed by atoms with Crippen LogP contribution >= 0.6 is 0 Å². The molecule has 0 unspecified atom stereocenters. The van der Waals surface area contributed by atoms with Gasteiger partial charge in [-0.1, -0.05) is 12.1 Å². The lowest BCUT2D eigenvalue weighted by Crippen LogP contribution is -2.22. The molecule has 0 amide bonds. The number of aromatic nitrogens is 3. The molecule has 0 bridgehead atoms. The summed E-state index contributed by atoms with van der Waals surface area (Å²) in [6.07, 6.45) is -3.54. The summed E-state index contributed by atoms with van der Waals surface area (Å²) in [6, 6.07) is 10.8. The zero-order chi connectivity index (χ0) is 23.6. The maximum absolute atomic E-state index is 12.6. The summed E-state index contributed by atoms with van der Waals surface area (Å²) in [5, 5.41) is 9.48. The molecule has 1 aliphatic rings. The Morgan fingerprint density at radius 1 is 1.12 bits per heavy atom. The number of rotatable bonds is 6. The molecule has 11 heteroatoms. The van der Waals surface area contributed by atoms with Crippen LogP contribution in [-0.4, -0.2) is 28.1 Å². The minimum Gasteiger partial charge on any atom is -0.487 e. The standard InChI is InChI=1S/C22H18F3N5O3/c1-29-6-7-30-20(29)9-19(28-21(30)31)33-12-14-2-3-15(16(8-14)10-26)13-32-17-4-5-18(27-11-17)22(23,24)25/h2-5,8-9,11H,6-7,12-13H2,1H3. The zero-order valence-electron chi connectivity index (χ0n) is 17.5. The molecule has 33 heavy (non-hydrogen) atoms. The topological polar surface area (TPSA) is 93.3 Å². The van der Waals surface area contributed by atoms with E-state index < -0.39 is 11.9 Å². The van der Waals surface area contributed by atoms with E-state index in [0.29, 0.717) is 23.2 Å². The third-order valence-electron chi connectivity index (χ3n) is 5.12. The molecule has 1 aliphatic heterocycles. The predicted molar refractivity (Wildman–Crippen MR) is 111 cm³/mol. The molecule has 8 nitrogen and oxygen atoms in total. The number of alkyl halides is 3. The number of hydrogen-bond acceptors (Lipinski definition) is 7. The number of halogens is 3. The van der Waals surface area contributed by atoms with Crippen LogP contribution in [0.5, 0.6) is 11.6 Å². The average Bonchev–Trinajstić information content (AvgIpc) is 3.17. The fourth-order valence-electron chi connectivity index (χ4n) is 3.33. The summed E-state index contributed by atoms with van der Waals surface area (Å²) in [4.78, 5) is 21.3. The largest absolute Gasteiger partial charge is 0.487 e. The van der Waals surface area contributed by atoms with Crippen LogP contribution in [0, 0.1) is 11.3 Å². The van der Waals surface area contributed by atoms with Crippen molar-refractivity contribution < 1.29 is 22.6 Å². The Hall–Kier alpha value is -4.07. The van der Waals surface area contributed by atoms with E-state index in [1.165, 1.54) is 6.07 Å². The highest BCUT2D eigenvalue weighted by Crippen LogP contribution is 2.28. The lowest BCUT2D eigenvalue weighted by molar-refractivity contribution is -0.141. The fourth-order valence-corrected chi connectivity index (χ4v) is 3.33. The Kier molecular flexibility index (Phi) is 5.91. The van der Waals surface area contributed by atoms with E-state index in [0.717, 1.165) is 24.6 Å². The number of nitriles is 1. The second kappa shape index (κ2) is 8.82. The molecular weight excluding hydrogens is 439 g/mol. The van der Waals surface area contributed by atoms with E-state index in [4.69, 9.17) is 9.47 Å². The van der Waals surface area contributed by atoms with Gasteiger partial charge in [0.25, 0.3) is 0 Å². The fraction of sp³-hybridized carbons (Fsp3) is 0.273. The highest BCUT2D eigenvalue weighted by molar-refractivity contribution is 5.44. The van der Waals surface area contributed by atoms with Gasteiger partial charge in [0.05, 0.1) is 17.8 Å². The third kappa shape index (κ3) is 4.90. The average molecular weight is 457 g/mol. The van der Waals surface area contributed by atoms with E-state index in [1.54, 1.807) is 28.8 Å². The molecule has 0 saturated heterocycles. The Balaban J connectivity index is 1.41. The lowest BCUT2D eigenvalue weighted by Gasteiger charge is -2.13. The van der Waals surface area contributed by atoms with Crippen LogP contribution in [0.3, 0.4) is 0 Å². The number of likely N-dealkylation sites (N-methyl/N-ethyl adjacent to an activating group) is 1. The molecule has 3 heterocycles. The van der Waals surface area contributed by atoms with Crippen LogP contribution in [0.4, 0.5) is 19.0 Å². The summed E-state index contributed by atoms with van der Waals surface area (Å²) in [7, 11) is 1.88. The van der Waals surface area contributed by atoms with Gasteiger partial charge in [0.1, 0.15) is 30.5 Å². The first-order valence-corrected chi connectivity index (χ1v) is 9.88. The van der Waals surface area contributed by atoms with Crippen molar-refractivity contribution in [1.82, 2.24) is 14.5 Å². The number of fused-ring (bicyclic) bond motifs is 1. The summed E-state index contributed by atoms with van der Waals surface area (Å²) in [6.45, 7) is 1.37. The molecule has 0 radical (unpaired) electrons. The molecule has 0 N–H and O–H groups in total. The summed E-state index contributed by atoms with van der Waals surface area (Å²) < 4.78 is 50.5. The maximum Gasteiger partial charge on any atom is 0.433 e. The molecule has 0 spiro atoms. The van der Waals surface area contributed by atoms with Crippen LogP contribution in [0.1, 0.15) is 22.4 Å². The minimum absolute atomic E-state index is 0.0213. The molecular formula is C22H18F3N5O3. The van der Waals surface area contributed by atoms with Crippen LogP contribution in [0.15, 0.2) is 47.4 Å². The third-order valence-corrected chi connectivity index (χ3v) is 5.12. The van der Waals surface area contributed by atoms with Gasteiger partial charge in [0, 0.05) is 31.8 Å². The summed E-state index contributed by atoms with van der Waals surface area (Å²) in [5.74, 6) is 1.08. The second-order valence-electron chi connectivity index (χ2n) is 7.37. The molecule has 0 aliphatic carbocycles. The first-order valence-electron chi connectivity index (χ1n) is 9.88. The van der Waals surface area contributed by atoms with E-state index in [9.17, 15) is 23.2 Å². The molecule has 4 rings (SSSR count). The van der Waals surface area contributed by atoms with Gasteiger partial charge in [-0.15, -0.1) is 0 Å². The van der Waals surface area contributed by atoms with E-state index in [2.05, 4.69) is 16.0 Å². The number of ether oxygens (including phenoxy) is 2. The quantitative estimate of drug-likeness (QED) is 0.561. The first-order chi connectivity index (χ1) is 15.7. The zero-order valence-corrected chi connectivity index (χ0v) is 17.5. The summed E-state index contributed by atoms with van der Waals surface area (Å²) >= 11 is 0. The van der Waals surface area contributed by atoms with Crippen molar-refractivity contribution in [2.24, 2.45) is 0 Å². The highest BCUT2D eigenvalue weighted by Gasteiger charge is 2.32. The molecule has 0 atom stereocenters. The SMILES string of the molecule is CN1CCn2c1cc(OCc1ccc(COc3ccc(C(F)(F)F)nc3)c(C#N)c1)nc2=O. The number of benzene rings is 1. The number of anilines is 1. The highest BCUT2D eigenvalue weighted by atomic mass is 19.4. The van der Waals surface area contributed by atoms with Crippen LogP contribution in [0.25, 0.3) is 0 Å². The number of nitrogens with zero attached hydrogens (tertiary/aromatic N) is 5. The van der Waals surface area contributed by atoms with Crippen molar-refractivity contribution in [3.8, 4) is 17.7 Å². The van der Waals surface area contributed by atoms with Crippen molar-refractivity contribution >= 4 is 5.82 Å². The Morgan fingerprint density at radius 2 is 1.94 bits per heavy atom. The molecule has 0 saturated carbocycles. The van der Waals surface area contributed by atoms with Crippen molar-refractivity contribution in [2.45, 2.75) is 25.9 Å². The van der Waals surface area contributed by atoms with Gasteiger partial charge in [0.15, 0.2) is 0 Å². The second-order valence-corrected chi connectivity index (χ2v) is 7.37. The van der Waals surface area contributed by atoms with Crippen LogP contribution in [-0.2, 0) is 25.9 Å². The molecule has 2 aromatic heterocycles. The van der Waals surface area contributed by atoms with E-state index in [1.807, 2.05) is 11.9 Å². The lowest BCUT2D eigenvalue weighted by atomic mass is 10.1. The number of pyridine rings is 1. The first kappa shape index (κ1) is 22.1. The van der Waals surface area contributed by atoms with Gasteiger partial charge >= 0.3 is 11.9 Å². The van der Waals surface area contributed by atoms with Crippen LogP contribution < -0.4 is 20.1 Å². The van der Waals surface area contributed by atoms with Crippen LogP contribution in [0.2, 0.25) is 0 Å². The van der Waals surface area contributed by atoms with Gasteiger partial charge in [-0.25, -0.2) is 9.78 Å². The van der Waals surface area contributed by atoms with Crippen molar-refractivity contribution in [1.29, 1.82) is 5.26 Å². The minimum atomic E-state index is -4.52. The predicted octanol–water partition coefficient (Wildman–Crippen LogP) is 3.14. The van der Waals surface area contributed by atoms with Crippen molar-refractivity contribution in [3.05, 3.63) is 75.5 Å². The van der Waals surface area contributed by atoms with E-state index >= 15 is 0 Å². The number of hydrogen-bond donors (Lipinski definition) is 0. The Morgan fingerprint density at radius 3 is 2.64 bits per heavy atom. The molecule has 1 aromatic carbocycles. The Labute approximate surface area is 186 Å². The molecule has 3 aromatic rings. The van der Waals surface area contributed by atoms with Crippen molar-refractivity contribution in [3.63, 3.8) is 0 Å². The maximum atomic E-state index is 12.6. The summed E-state index contributed by atoms with van der Waals surface area (Å²) in [5.41, 5.74) is 0.176.